The van der Waals surface area contributed by atoms with Gasteiger partial charge < -0.3 is 10.1 Å². The molecular formula is C17H27NO2. The number of nitrogens with one attached hydrogen (secondary N) is 1. The number of carbonyl (C=O) groups is 1. The van der Waals surface area contributed by atoms with E-state index in [2.05, 4.69) is 39.9 Å². The lowest BCUT2D eigenvalue weighted by atomic mass is 9.87. The molecule has 0 aliphatic heterocycles. The van der Waals surface area contributed by atoms with Crippen LogP contribution in [0.1, 0.15) is 47.1 Å². The van der Waals surface area contributed by atoms with Crippen molar-refractivity contribution in [2.45, 2.75) is 53.0 Å². The van der Waals surface area contributed by atoms with Gasteiger partial charge in [0.25, 0.3) is 5.91 Å². The number of rotatable bonds is 5. The summed E-state index contributed by atoms with van der Waals surface area (Å²) >= 11 is 0. The van der Waals surface area contributed by atoms with Gasteiger partial charge in [-0.1, -0.05) is 46.8 Å². The molecular weight excluding hydrogens is 250 g/mol. The molecule has 1 amide bonds. The molecule has 112 valence electrons. The third-order valence-electron chi connectivity index (χ3n) is 3.48. The minimum Gasteiger partial charge on any atom is -0.484 e. The monoisotopic (exact) mass is 277 g/mol. The molecule has 1 atom stereocenters. The molecule has 1 rings (SSSR count). The van der Waals surface area contributed by atoms with Crippen LogP contribution in [0.3, 0.4) is 0 Å². The summed E-state index contributed by atoms with van der Waals surface area (Å²) < 4.78 is 5.50. The van der Waals surface area contributed by atoms with Crippen molar-refractivity contribution in [3.63, 3.8) is 0 Å². The lowest BCUT2D eigenvalue weighted by Crippen LogP contribution is -2.38. The Morgan fingerprint density at radius 2 is 1.70 bits per heavy atom. The molecule has 0 fully saturated rings. The standard InChI is InChI=1S/C17H27NO2/c1-12(2)13(3)18-16(19)11-20-15-9-7-14(8-10-15)17(4,5)6/h7-10,12-13H,11H2,1-6H3,(H,18,19)/t13-/m0/s1. The molecule has 0 radical (unpaired) electrons. The molecule has 0 saturated heterocycles. The first kappa shape index (κ1) is 16.5. The Morgan fingerprint density at radius 1 is 1.15 bits per heavy atom. The van der Waals surface area contributed by atoms with E-state index in [1.54, 1.807) is 0 Å². The molecule has 0 aromatic heterocycles. The average molecular weight is 277 g/mol. The van der Waals surface area contributed by atoms with Crippen LogP contribution in [-0.4, -0.2) is 18.6 Å². The van der Waals surface area contributed by atoms with Gasteiger partial charge in [-0.05, 0) is 36.0 Å². The molecule has 1 N–H and O–H groups in total. The summed E-state index contributed by atoms with van der Waals surface area (Å²) in [5.41, 5.74) is 1.38. The Labute approximate surface area is 122 Å². The molecule has 1 aromatic rings. The van der Waals surface area contributed by atoms with Crippen molar-refractivity contribution in [1.82, 2.24) is 5.32 Å². The first-order chi connectivity index (χ1) is 9.20. The second kappa shape index (κ2) is 6.78. The van der Waals surface area contributed by atoms with E-state index in [0.29, 0.717) is 5.92 Å². The second-order valence-electron chi connectivity index (χ2n) is 6.66. The largest absolute Gasteiger partial charge is 0.484 e. The molecule has 20 heavy (non-hydrogen) atoms. The fourth-order valence-corrected chi connectivity index (χ4v) is 1.66. The van der Waals surface area contributed by atoms with Gasteiger partial charge in [-0.3, -0.25) is 4.79 Å². The molecule has 3 nitrogen and oxygen atoms in total. The third kappa shape index (κ3) is 5.24. The smallest absolute Gasteiger partial charge is 0.258 e. The van der Waals surface area contributed by atoms with Crippen LogP contribution in [0.2, 0.25) is 0 Å². The van der Waals surface area contributed by atoms with Crippen LogP contribution in [-0.2, 0) is 10.2 Å². The molecule has 0 saturated carbocycles. The van der Waals surface area contributed by atoms with Gasteiger partial charge in [0.2, 0.25) is 0 Å². The minimum absolute atomic E-state index is 0.0614. The van der Waals surface area contributed by atoms with E-state index in [0.717, 1.165) is 5.75 Å². The van der Waals surface area contributed by atoms with Crippen LogP contribution in [0, 0.1) is 5.92 Å². The predicted octanol–water partition coefficient (Wildman–Crippen LogP) is 3.52. The van der Waals surface area contributed by atoms with Gasteiger partial charge >= 0.3 is 0 Å². The maximum absolute atomic E-state index is 11.7. The van der Waals surface area contributed by atoms with Crippen molar-refractivity contribution >= 4 is 5.91 Å². The zero-order chi connectivity index (χ0) is 15.3. The van der Waals surface area contributed by atoms with Gasteiger partial charge in [-0.25, -0.2) is 0 Å². The van der Waals surface area contributed by atoms with E-state index in [1.165, 1.54) is 5.56 Å². The van der Waals surface area contributed by atoms with Gasteiger partial charge in [-0.15, -0.1) is 0 Å². The minimum atomic E-state index is -0.0777. The molecule has 1 aromatic carbocycles. The second-order valence-corrected chi connectivity index (χ2v) is 6.66. The maximum atomic E-state index is 11.7. The summed E-state index contributed by atoms with van der Waals surface area (Å²) in [6.45, 7) is 12.7. The SMILES string of the molecule is CC(C)[C@H](C)NC(=O)COc1ccc(C(C)(C)C)cc1. The predicted molar refractivity (Wildman–Crippen MR) is 83.1 cm³/mol. The Balaban J connectivity index is 2.48. The van der Waals surface area contributed by atoms with E-state index >= 15 is 0 Å². The lowest BCUT2D eigenvalue weighted by Gasteiger charge is -2.19. The van der Waals surface area contributed by atoms with Gasteiger partial charge in [0.15, 0.2) is 6.61 Å². The van der Waals surface area contributed by atoms with Gasteiger partial charge in [0.05, 0.1) is 0 Å². The van der Waals surface area contributed by atoms with Gasteiger partial charge in [0.1, 0.15) is 5.75 Å². The molecule has 0 spiro atoms. The van der Waals surface area contributed by atoms with Crippen LogP contribution in [0.15, 0.2) is 24.3 Å². The van der Waals surface area contributed by atoms with E-state index in [4.69, 9.17) is 4.74 Å². The summed E-state index contributed by atoms with van der Waals surface area (Å²) in [7, 11) is 0. The summed E-state index contributed by atoms with van der Waals surface area (Å²) in [6.07, 6.45) is 0. The van der Waals surface area contributed by atoms with Crippen molar-refractivity contribution < 1.29 is 9.53 Å². The zero-order valence-electron chi connectivity index (χ0n) is 13.5. The highest BCUT2D eigenvalue weighted by Gasteiger charge is 2.14. The highest BCUT2D eigenvalue weighted by molar-refractivity contribution is 5.77. The first-order valence-corrected chi connectivity index (χ1v) is 7.23. The Morgan fingerprint density at radius 3 is 2.15 bits per heavy atom. The quantitative estimate of drug-likeness (QED) is 0.894. The van der Waals surface area contributed by atoms with Crippen LogP contribution in [0.25, 0.3) is 0 Å². The Hall–Kier alpha value is -1.51. The maximum Gasteiger partial charge on any atom is 0.258 e. The van der Waals surface area contributed by atoms with Crippen LogP contribution < -0.4 is 10.1 Å². The topological polar surface area (TPSA) is 38.3 Å². The number of ether oxygens (including phenoxy) is 1. The van der Waals surface area contributed by atoms with Crippen molar-refractivity contribution in [2.75, 3.05) is 6.61 Å². The lowest BCUT2D eigenvalue weighted by molar-refractivity contribution is -0.124. The summed E-state index contributed by atoms with van der Waals surface area (Å²) in [5, 5.41) is 2.92. The van der Waals surface area contributed by atoms with E-state index in [9.17, 15) is 4.79 Å². The summed E-state index contributed by atoms with van der Waals surface area (Å²) in [4.78, 5) is 11.7. The number of benzene rings is 1. The van der Waals surface area contributed by atoms with Crippen molar-refractivity contribution in [1.29, 1.82) is 0 Å². The fourth-order valence-electron chi connectivity index (χ4n) is 1.66. The van der Waals surface area contributed by atoms with E-state index in [-0.39, 0.29) is 24.0 Å². The number of carbonyl (C=O) groups excluding carboxylic acids is 1. The fraction of sp³-hybridized carbons (Fsp3) is 0.588. The Bertz CT molecular complexity index is 429. The third-order valence-corrected chi connectivity index (χ3v) is 3.48. The molecule has 0 aliphatic carbocycles. The number of hydrogen-bond donors (Lipinski definition) is 1. The number of hydrogen-bond acceptors (Lipinski definition) is 2. The highest BCUT2D eigenvalue weighted by Crippen LogP contribution is 2.24. The van der Waals surface area contributed by atoms with Crippen LogP contribution >= 0.6 is 0 Å². The molecule has 0 heterocycles. The molecule has 0 unspecified atom stereocenters. The highest BCUT2D eigenvalue weighted by atomic mass is 16.5. The van der Waals surface area contributed by atoms with E-state index in [1.807, 2.05) is 31.2 Å². The van der Waals surface area contributed by atoms with E-state index < -0.39 is 0 Å². The first-order valence-electron chi connectivity index (χ1n) is 7.23. The van der Waals surface area contributed by atoms with Crippen LogP contribution in [0.5, 0.6) is 5.75 Å². The summed E-state index contributed by atoms with van der Waals surface area (Å²) in [6, 6.07) is 8.09. The zero-order valence-corrected chi connectivity index (χ0v) is 13.5. The van der Waals surface area contributed by atoms with Gasteiger partial charge in [-0.2, -0.15) is 0 Å². The van der Waals surface area contributed by atoms with Crippen molar-refractivity contribution in [2.24, 2.45) is 5.92 Å². The van der Waals surface area contributed by atoms with Crippen LogP contribution in [0.4, 0.5) is 0 Å². The van der Waals surface area contributed by atoms with Crippen molar-refractivity contribution in [3.05, 3.63) is 29.8 Å². The van der Waals surface area contributed by atoms with Crippen molar-refractivity contribution in [3.8, 4) is 5.75 Å². The molecule has 0 aliphatic rings. The summed E-state index contributed by atoms with van der Waals surface area (Å²) in [5.74, 6) is 1.07. The molecule has 0 bridgehead atoms. The van der Waals surface area contributed by atoms with Gasteiger partial charge in [0, 0.05) is 6.04 Å². The number of amides is 1. The normalized spacial score (nSPS) is 13.2. The molecule has 3 heteroatoms. The average Bonchev–Trinajstić information content (AvgIpc) is 2.35. The Kier molecular flexibility index (Phi) is 5.61.